The van der Waals surface area contributed by atoms with Crippen LogP contribution in [-0.4, -0.2) is 22.6 Å². The highest BCUT2D eigenvalue weighted by Crippen LogP contribution is 2.33. The molecule has 0 heterocycles. The number of thioether (sulfide) groups is 1. The summed E-state index contributed by atoms with van der Waals surface area (Å²) in [5.41, 5.74) is -0.297. The van der Waals surface area contributed by atoms with Crippen molar-refractivity contribution in [2.75, 3.05) is 5.75 Å². The molecule has 1 N–H and O–H groups in total. The number of hydrogen-bond donors (Lipinski definition) is 1. The van der Waals surface area contributed by atoms with Crippen molar-refractivity contribution in [2.24, 2.45) is 5.92 Å². The van der Waals surface area contributed by atoms with Gasteiger partial charge in [-0.05, 0) is 50.7 Å². The summed E-state index contributed by atoms with van der Waals surface area (Å²) in [5, 5.41) is 13.7. The molecule has 0 bridgehead atoms. The highest BCUT2D eigenvalue weighted by atomic mass is 32.2. The molecule has 0 saturated heterocycles. The van der Waals surface area contributed by atoms with Crippen molar-refractivity contribution in [1.82, 2.24) is 5.32 Å². The van der Waals surface area contributed by atoms with Crippen molar-refractivity contribution in [1.29, 1.82) is 5.26 Å². The highest BCUT2D eigenvalue weighted by Gasteiger charge is 2.32. The summed E-state index contributed by atoms with van der Waals surface area (Å²) < 4.78 is 0. The quantitative estimate of drug-likeness (QED) is 0.796. The van der Waals surface area contributed by atoms with E-state index in [1.54, 1.807) is 0 Å². The van der Waals surface area contributed by atoms with Gasteiger partial charge < -0.3 is 0 Å². The van der Waals surface area contributed by atoms with Crippen LogP contribution >= 0.6 is 11.8 Å². The van der Waals surface area contributed by atoms with E-state index in [0.29, 0.717) is 6.04 Å². The summed E-state index contributed by atoms with van der Waals surface area (Å²) in [6, 6.07) is 3.09. The smallest absolute Gasteiger partial charge is 0.104 e. The maximum atomic E-state index is 9.32. The molecule has 2 rings (SSSR count). The third-order valence-corrected chi connectivity index (χ3v) is 5.53. The molecular weight excluding hydrogens is 240 g/mol. The van der Waals surface area contributed by atoms with Crippen LogP contribution in [-0.2, 0) is 0 Å². The van der Waals surface area contributed by atoms with Crippen LogP contribution in [0.4, 0.5) is 0 Å². The number of hydrogen-bond acceptors (Lipinski definition) is 3. The number of rotatable bonds is 6. The molecule has 0 spiro atoms. The van der Waals surface area contributed by atoms with Gasteiger partial charge in [-0.15, -0.1) is 0 Å². The zero-order valence-corrected chi connectivity index (χ0v) is 12.6. The third-order valence-electron chi connectivity index (χ3n) is 4.19. The molecule has 0 aromatic heterocycles. The summed E-state index contributed by atoms with van der Waals surface area (Å²) in [6.45, 7) is 4.44. The first-order valence-corrected chi connectivity index (χ1v) is 8.47. The second-order valence-electron chi connectivity index (χ2n) is 6.38. The Balaban J connectivity index is 1.68. The van der Waals surface area contributed by atoms with E-state index in [9.17, 15) is 5.26 Å². The molecule has 3 heteroatoms. The predicted octanol–water partition coefficient (Wildman–Crippen LogP) is 3.72. The van der Waals surface area contributed by atoms with E-state index in [2.05, 4.69) is 37.0 Å². The zero-order valence-electron chi connectivity index (χ0n) is 11.7. The molecule has 2 saturated carbocycles. The fraction of sp³-hybridized carbons (Fsp3) is 0.933. The maximum absolute atomic E-state index is 9.32. The molecule has 2 aliphatic rings. The lowest BCUT2D eigenvalue weighted by molar-refractivity contribution is 0.393. The summed E-state index contributed by atoms with van der Waals surface area (Å²) in [6.07, 6.45) is 9.06. The first-order valence-electron chi connectivity index (χ1n) is 7.42. The van der Waals surface area contributed by atoms with E-state index in [0.717, 1.165) is 23.3 Å². The maximum Gasteiger partial charge on any atom is 0.104 e. The standard InChI is InChI=1S/C15H26N2S/c1-12-4-3-5-14(10-12)18-9-8-15(2,11-16)17-13-6-7-13/h12-14,17H,3-10H2,1-2H3. The molecule has 0 radical (unpaired) electrons. The van der Waals surface area contributed by atoms with Crippen LogP contribution in [0.25, 0.3) is 0 Å². The van der Waals surface area contributed by atoms with E-state index in [-0.39, 0.29) is 5.54 Å². The first-order chi connectivity index (χ1) is 8.61. The molecule has 0 aromatic carbocycles. The first kappa shape index (κ1) is 14.2. The molecule has 3 atom stereocenters. The second kappa shape index (κ2) is 6.30. The van der Waals surface area contributed by atoms with Gasteiger partial charge in [0.15, 0.2) is 0 Å². The normalized spacial score (nSPS) is 31.6. The molecule has 2 nitrogen and oxygen atoms in total. The highest BCUT2D eigenvalue weighted by molar-refractivity contribution is 7.99. The van der Waals surface area contributed by atoms with Gasteiger partial charge in [-0.1, -0.05) is 19.8 Å². The minimum absolute atomic E-state index is 0.297. The fourth-order valence-corrected chi connectivity index (χ4v) is 4.46. The average Bonchev–Trinajstić information content (AvgIpc) is 3.13. The topological polar surface area (TPSA) is 35.8 Å². The van der Waals surface area contributed by atoms with Gasteiger partial charge in [0.2, 0.25) is 0 Å². The van der Waals surface area contributed by atoms with Crippen molar-refractivity contribution < 1.29 is 0 Å². The van der Waals surface area contributed by atoms with Crippen LogP contribution in [0.1, 0.15) is 58.8 Å². The lowest BCUT2D eigenvalue weighted by Crippen LogP contribution is -2.42. The van der Waals surface area contributed by atoms with Crippen molar-refractivity contribution >= 4 is 11.8 Å². The molecule has 0 amide bonds. The largest absolute Gasteiger partial charge is 0.297 e. The fourth-order valence-electron chi connectivity index (χ4n) is 2.80. The van der Waals surface area contributed by atoms with Crippen LogP contribution in [0.5, 0.6) is 0 Å². The van der Waals surface area contributed by atoms with Gasteiger partial charge in [0.05, 0.1) is 6.07 Å². The molecular formula is C15H26N2S. The van der Waals surface area contributed by atoms with Gasteiger partial charge in [-0.3, -0.25) is 5.32 Å². The zero-order chi connectivity index (χ0) is 13.0. The van der Waals surface area contributed by atoms with Crippen LogP contribution < -0.4 is 5.32 Å². The van der Waals surface area contributed by atoms with E-state index in [1.165, 1.54) is 38.5 Å². The van der Waals surface area contributed by atoms with Crippen LogP contribution in [0.3, 0.4) is 0 Å². The Morgan fingerprint density at radius 1 is 1.33 bits per heavy atom. The summed E-state index contributed by atoms with van der Waals surface area (Å²) >= 11 is 2.10. The van der Waals surface area contributed by atoms with Gasteiger partial charge in [-0.2, -0.15) is 17.0 Å². The van der Waals surface area contributed by atoms with Gasteiger partial charge in [0, 0.05) is 11.3 Å². The Morgan fingerprint density at radius 2 is 2.11 bits per heavy atom. The predicted molar refractivity (Wildman–Crippen MR) is 78.7 cm³/mol. The van der Waals surface area contributed by atoms with Gasteiger partial charge in [0.1, 0.15) is 5.54 Å². The molecule has 3 unspecified atom stereocenters. The molecule has 102 valence electrons. The Morgan fingerprint density at radius 3 is 2.72 bits per heavy atom. The minimum Gasteiger partial charge on any atom is -0.297 e. The van der Waals surface area contributed by atoms with Crippen molar-refractivity contribution in [3.63, 3.8) is 0 Å². The third kappa shape index (κ3) is 4.48. The molecule has 18 heavy (non-hydrogen) atoms. The van der Waals surface area contributed by atoms with E-state index < -0.39 is 0 Å². The Hall–Kier alpha value is -0.200. The van der Waals surface area contributed by atoms with Gasteiger partial charge >= 0.3 is 0 Å². The van der Waals surface area contributed by atoms with Crippen molar-refractivity contribution in [3.05, 3.63) is 0 Å². The molecule has 0 aliphatic heterocycles. The van der Waals surface area contributed by atoms with Crippen molar-refractivity contribution in [2.45, 2.75) is 75.6 Å². The average molecular weight is 266 g/mol. The molecule has 2 aliphatic carbocycles. The number of nitrogens with zero attached hydrogens (tertiary/aromatic N) is 1. The van der Waals surface area contributed by atoms with Crippen LogP contribution in [0, 0.1) is 17.2 Å². The van der Waals surface area contributed by atoms with Crippen LogP contribution in [0.15, 0.2) is 0 Å². The van der Waals surface area contributed by atoms with E-state index >= 15 is 0 Å². The van der Waals surface area contributed by atoms with Crippen molar-refractivity contribution in [3.8, 4) is 6.07 Å². The summed E-state index contributed by atoms with van der Waals surface area (Å²) in [4.78, 5) is 0. The van der Waals surface area contributed by atoms with E-state index in [4.69, 9.17) is 0 Å². The monoisotopic (exact) mass is 266 g/mol. The molecule has 0 aromatic rings. The van der Waals surface area contributed by atoms with Crippen LogP contribution in [0.2, 0.25) is 0 Å². The SMILES string of the molecule is CC1CCCC(SCCC(C)(C#N)NC2CC2)C1. The minimum atomic E-state index is -0.297. The van der Waals surface area contributed by atoms with Gasteiger partial charge in [-0.25, -0.2) is 0 Å². The Bertz CT molecular complexity index is 308. The summed E-state index contributed by atoms with van der Waals surface area (Å²) in [5.74, 6) is 2.03. The Kier molecular flexibility index (Phi) is 4.98. The molecule has 2 fully saturated rings. The number of nitriles is 1. The Labute approximate surface area is 116 Å². The second-order valence-corrected chi connectivity index (χ2v) is 7.79. The number of nitrogens with one attached hydrogen (secondary N) is 1. The summed E-state index contributed by atoms with van der Waals surface area (Å²) in [7, 11) is 0. The lowest BCUT2D eigenvalue weighted by atomic mass is 9.91. The van der Waals surface area contributed by atoms with E-state index in [1.807, 2.05) is 0 Å². The van der Waals surface area contributed by atoms with Gasteiger partial charge in [0.25, 0.3) is 0 Å². The lowest BCUT2D eigenvalue weighted by Gasteiger charge is -2.28.